The summed E-state index contributed by atoms with van der Waals surface area (Å²) in [5.41, 5.74) is 0.349. The quantitative estimate of drug-likeness (QED) is 0.826. The molecular formula is C14H12Cl2N2O4. The molecule has 0 radical (unpaired) electrons. The number of cyclic esters (lactones) is 1. The Bertz CT molecular complexity index is 648. The van der Waals surface area contributed by atoms with Crippen molar-refractivity contribution < 1.29 is 19.1 Å². The van der Waals surface area contributed by atoms with Crippen LogP contribution >= 0.6 is 23.2 Å². The van der Waals surface area contributed by atoms with Gasteiger partial charge in [-0.15, -0.1) is 0 Å². The number of benzene rings is 1. The summed E-state index contributed by atoms with van der Waals surface area (Å²) in [7, 11) is 0. The first-order chi connectivity index (χ1) is 10.5. The Hall–Kier alpha value is -1.79. The second-order valence-electron chi connectivity index (χ2n) is 5.14. The average Bonchev–Trinajstić information content (AvgIpc) is 3.05. The van der Waals surface area contributed by atoms with Crippen molar-refractivity contribution in [2.24, 2.45) is 0 Å². The maximum Gasteiger partial charge on any atom is 0.417 e. The van der Waals surface area contributed by atoms with Crippen molar-refractivity contribution >= 4 is 41.1 Å². The summed E-state index contributed by atoms with van der Waals surface area (Å²) in [5, 5.41) is 0.726. The highest BCUT2D eigenvalue weighted by Gasteiger charge is 2.41. The zero-order chi connectivity index (χ0) is 15.9. The van der Waals surface area contributed by atoms with Crippen LogP contribution in [0.2, 0.25) is 10.0 Å². The lowest BCUT2D eigenvalue weighted by Crippen LogP contribution is -2.42. The highest BCUT2D eigenvalue weighted by molar-refractivity contribution is 6.36. The molecule has 2 aliphatic heterocycles. The number of amides is 3. The molecule has 116 valence electrons. The number of ether oxygens (including phenoxy) is 1. The summed E-state index contributed by atoms with van der Waals surface area (Å²) in [6, 6.07) is 4.31. The largest absolute Gasteiger partial charge is 0.439 e. The fraction of sp³-hybridized carbons (Fsp3) is 0.357. The van der Waals surface area contributed by atoms with Crippen LogP contribution in [-0.2, 0) is 9.53 Å². The summed E-state index contributed by atoms with van der Waals surface area (Å²) in [6.07, 6.45) is -0.119. The fourth-order valence-corrected chi connectivity index (χ4v) is 3.18. The van der Waals surface area contributed by atoms with Gasteiger partial charge >= 0.3 is 6.09 Å². The lowest BCUT2D eigenvalue weighted by molar-refractivity contribution is -0.127. The van der Waals surface area contributed by atoms with Crippen LogP contribution in [0.4, 0.5) is 4.79 Å². The third-order valence-electron chi connectivity index (χ3n) is 3.76. The van der Waals surface area contributed by atoms with Crippen LogP contribution in [0.15, 0.2) is 18.2 Å². The fourth-order valence-electron chi connectivity index (χ4n) is 2.69. The van der Waals surface area contributed by atoms with Crippen molar-refractivity contribution in [2.75, 3.05) is 19.7 Å². The van der Waals surface area contributed by atoms with Gasteiger partial charge in [0.15, 0.2) is 6.61 Å². The summed E-state index contributed by atoms with van der Waals surface area (Å²) in [4.78, 5) is 38.3. The van der Waals surface area contributed by atoms with Crippen molar-refractivity contribution in [3.8, 4) is 0 Å². The molecule has 0 bridgehead atoms. The first-order valence-corrected chi connectivity index (χ1v) is 7.46. The number of imide groups is 1. The van der Waals surface area contributed by atoms with Gasteiger partial charge in [0.2, 0.25) is 0 Å². The van der Waals surface area contributed by atoms with Gasteiger partial charge in [0, 0.05) is 18.1 Å². The first kappa shape index (κ1) is 15.1. The Morgan fingerprint density at radius 3 is 2.68 bits per heavy atom. The molecule has 2 fully saturated rings. The predicted molar refractivity (Wildman–Crippen MR) is 79.0 cm³/mol. The Morgan fingerprint density at radius 2 is 2.05 bits per heavy atom. The molecular weight excluding hydrogens is 331 g/mol. The van der Waals surface area contributed by atoms with Crippen molar-refractivity contribution in [3.63, 3.8) is 0 Å². The lowest BCUT2D eigenvalue weighted by atomic mass is 10.2. The molecule has 1 aromatic rings. The minimum absolute atomic E-state index is 0.230. The van der Waals surface area contributed by atoms with Crippen LogP contribution in [0.5, 0.6) is 0 Å². The molecule has 8 heteroatoms. The summed E-state index contributed by atoms with van der Waals surface area (Å²) in [5.74, 6) is -0.613. The SMILES string of the molecule is O=C(c1ccc(Cl)cc1Cl)N1CC[C@@H](N2C(=O)COC2=O)C1. The molecule has 0 N–H and O–H groups in total. The summed E-state index contributed by atoms with van der Waals surface area (Å²) in [6.45, 7) is 0.491. The van der Waals surface area contributed by atoms with Crippen molar-refractivity contribution in [1.82, 2.24) is 9.80 Å². The van der Waals surface area contributed by atoms with E-state index in [0.717, 1.165) is 4.90 Å². The van der Waals surface area contributed by atoms with Crippen LogP contribution in [0.1, 0.15) is 16.8 Å². The maximum absolute atomic E-state index is 12.5. The summed E-state index contributed by atoms with van der Waals surface area (Å²) >= 11 is 11.9. The molecule has 2 heterocycles. The monoisotopic (exact) mass is 342 g/mol. The van der Waals surface area contributed by atoms with Crippen LogP contribution < -0.4 is 0 Å². The van der Waals surface area contributed by atoms with Gasteiger partial charge in [-0.05, 0) is 24.6 Å². The van der Waals surface area contributed by atoms with E-state index in [-0.39, 0.29) is 36.0 Å². The zero-order valence-corrected chi connectivity index (χ0v) is 12.9. The third kappa shape index (κ3) is 2.64. The average molecular weight is 343 g/mol. The molecule has 1 aromatic carbocycles. The van der Waals surface area contributed by atoms with Gasteiger partial charge in [-0.1, -0.05) is 23.2 Å². The second-order valence-corrected chi connectivity index (χ2v) is 5.98. The molecule has 2 aliphatic rings. The summed E-state index contributed by atoms with van der Waals surface area (Å²) < 4.78 is 4.70. The van der Waals surface area contributed by atoms with Gasteiger partial charge in [-0.25, -0.2) is 9.69 Å². The highest BCUT2D eigenvalue weighted by atomic mass is 35.5. The van der Waals surface area contributed by atoms with Crippen LogP contribution in [-0.4, -0.2) is 53.4 Å². The minimum Gasteiger partial charge on any atom is -0.439 e. The molecule has 0 aromatic heterocycles. The normalized spacial score (nSPS) is 21.5. The van der Waals surface area contributed by atoms with E-state index < -0.39 is 6.09 Å². The second kappa shape index (κ2) is 5.78. The smallest absolute Gasteiger partial charge is 0.417 e. The molecule has 0 aliphatic carbocycles. The van der Waals surface area contributed by atoms with E-state index in [1.54, 1.807) is 17.0 Å². The molecule has 0 saturated carbocycles. The molecule has 6 nitrogen and oxygen atoms in total. The van der Waals surface area contributed by atoms with Gasteiger partial charge < -0.3 is 9.64 Å². The number of hydrogen-bond acceptors (Lipinski definition) is 4. The number of likely N-dealkylation sites (tertiary alicyclic amines) is 1. The van der Waals surface area contributed by atoms with Crippen molar-refractivity contribution in [3.05, 3.63) is 33.8 Å². The molecule has 3 amide bonds. The van der Waals surface area contributed by atoms with E-state index in [2.05, 4.69) is 0 Å². The third-order valence-corrected chi connectivity index (χ3v) is 4.31. The number of rotatable bonds is 2. The van der Waals surface area contributed by atoms with Crippen molar-refractivity contribution in [2.45, 2.75) is 12.5 Å². The number of halogens is 2. The molecule has 2 saturated heterocycles. The Morgan fingerprint density at radius 1 is 1.27 bits per heavy atom. The van der Waals surface area contributed by atoms with Crippen LogP contribution in [0.25, 0.3) is 0 Å². The standard InChI is InChI=1S/C14H12Cl2N2O4/c15-8-1-2-10(11(16)5-8)13(20)17-4-3-9(6-17)18-12(19)7-22-14(18)21/h1-2,5,9H,3-4,6-7H2/t9-/m1/s1. The Kier molecular flexibility index (Phi) is 3.97. The zero-order valence-electron chi connectivity index (χ0n) is 11.4. The van der Waals surface area contributed by atoms with Crippen LogP contribution in [0.3, 0.4) is 0 Å². The van der Waals surface area contributed by atoms with Gasteiger partial charge in [0.05, 0.1) is 16.6 Å². The van der Waals surface area contributed by atoms with Crippen LogP contribution in [0, 0.1) is 0 Å². The number of nitrogens with zero attached hydrogens (tertiary/aromatic N) is 2. The van der Waals surface area contributed by atoms with Gasteiger partial charge in [0.25, 0.3) is 11.8 Å². The maximum atomic E-state index is 12.5. The molecule has 22 heavy (non-hydrogen) atoms. The van der Waals surface area contributed by atoms with E-state index in [4.69, 9.17) is 27.9 Å². The molecule has 3 rings (SSSR count). The van der Waals surface area contributed by atoms with E-state index in [0.29, 0.717) is 23.6 Å². The van der Waals surface area contributed by atoms with E-state index in [9.17, 15) is 14.4 Å². The molecule has 0 spiro atoms. The molecule has 0 unspecified atom stereocenters. The van der Waals surface area contributed by atoms with E-state index >= 15 is 0 Å². The number of hydrogen-bond donors (Lipinski definition) is 0. The van der Waals surface area contributed by atoms with Gasteiger partial charge in [-0.2, -0.15) is 0 Å². The Balaban J connectivity index is 1.73. The highest BCUT2D eigenvalue weighted by Crippen LogP contribution is 2.26. The molecule has 1 atom stereocenters. The van der Waals surface area contributed by atoms with Gasteiger partial charge in [0.1, 0.15) is 0 Å². The van der Waals surface area contributed by atoms with E-state index in [1.165, 1.54) is 6.07 Å². The van der Waals surface area contributed by atoms with E-state index in [1.807, 2.05) is 0 Å². The van der Waals surface area contributed by atoms with Gasteiger partial charge in [-0.3, -0.25) is 9.59 Å². The number of carbonyl (C=O) groups is 3. The van der Waals surface area contributed by atoms with Crippen molar-refractivity contribution in [1.29, 1.82) is 0 Å². The Labute approximate surface area is 136 Å². The first-order valence-electron chi connectivity index (χ1n) is 6.70. The number of carbonyl (C=O) groups excluding carboxylic acids is 3. The topological polar surface area (TPSA) is 66.9 Å². The minimum atomic E-state index is -0.645. The predicted octanol–water partition coefficient (Wildman–Crippen LogP) is 2.19. The lowest BCUT2D eigenvalue weighted by Gasteiger charge is -2.21.